The van der Waals surface area contributed by atoms with Gasteiger partial charge in [-0.1, -0.05) is 30.3 Å². The standard InChI is InChI=1S/C26H26F6N4O3/c1-14-9-17-10-16(17)7-8-24(26(30,31)32,13-37-12-15-5-3-2-4-6-15)23-36-35-22(39-23)20-19(33)11-18(25(27,28)29)21(34-20)38-14/h2-6,11,14,16-17H,7-10,12-13,33H2,1H3/t14-,16?,17?,24-/m1/s1. The average molecular weight is 557 g/mol. The molecule has 3 heterocycles. The number of rotatable bonds is 4. The van der Waals surface area contributed by atoms with Crippen molar-refractivity contribution in [3.63, 3.8) is 0 Å². The number of benzene rings is 1. The second-order valence-electron chi connectivity index (χ2n) is 10.2. The second kappa shape index (κ2) is 10.00. The average Bonchev–Trinajstić information content (AvgIpc) is 3.39. The lowest BCUT2D eigenvalue weighted by molar-refractivity contribution is -0.216. The normalized spacial score (nSPS) is 25.4. The van der Waals surface area contributed by atoms with Crippen molar-refractivity contribution >= 4 is 5.69 Å². The van der Waals surface area contributed by atoms with Crippen molar-refractivity contribution in [2.75, 3.05) is 12.3 Å². The molecule has 0 saturated heterocycles. The molecule has 2 aromatic heterocycles. The molecule has 1 fully saturated rings. The van der Waals surface area contributed by atoms with Gasteiger partial charge in [0.15, 0.2) is 11.1 Å². The molecule has 39 heavy (non-hydrogen) atoms. The molecule has 4 bridgehead atoms. The fourth-order valence-corrected chi connectivity index (χ4v) is 5.04. The molecule has 2 unspecified atom stereocenters. The molecule has 0 amide bonds. The lowest BCUT2D eigenvalue weighted by atomic mass is 9.81. The Morgan fingerprint density at radius 3 is 2.49 bits per heavy atom. The van der Waals surface area contributed by atoms with Crippen LogP contribution in [0.3, 0.4) is 0 Å². The van der Waals surface area contributed by atoms with E-state index < -0.39 is 65.1 Å². The number of ether oxygens (including phenoxy) is 2. The summed E-state index contributed by atoms with van der Waals surface area (Å²) in [4.78, 5) is 3.90. The molecule has 2 aliphatic rings. The Kier molecular flexibility index (Phi) is 6.98. The Balaban J connectivity index is 1.57. The van der Waals surface area contributed by atoms with Gasteiger partial charge in [0.2, 0.25) is 11.8 Å². The molecule has 0 spiro atoms. The molecule has 1 aliphatic carbocycles. The van der Waals surface area contributed by atoms with Crippen molar-refractivity contribution < 1.29 is 40.2 Å². The first kappa shape index (κ1) is 27.2. The van der Waals surface area contributed by atoms with Crippen LogP contribution in [0.4, 0.5) is 32.0 Å². The van der Waals surface area contributed by atoms with Gasteiger partial charge in [-0.25, -0.2) is 4.98 Å². The number of hydrogen-bond donors (Lipinski definition) is 1. The van der Waals surface area contributed by atoms with E-state index in [1.807, 2.05) is 0 Å². The Morgan fingerprint density at radius 2 is 1.79 bits per heavy atom. The highest BCUT2D eigenvalue weighted by Gasteiger charge is 2.60. The van der Waals surface area contributed by atoms with E-state index in [4.69, 9.17) is 19.6 Å². The first-order valence-corrected chi connectivity index (χ1v) is 12.4. The third kappa shape index (κ3) is 5.54. The van der Waals surface area contributed by atoms with Crippen LogP contribution in [0.5, 0.6) is 5.88 Å². The van der Waals surface area contributed by atoms with E-state index in [1.54, 1.807) is 37.3 Å². The summed E-state index contributed by atoms with van der Waals surface area (Å²) in [6, 6.07) is 9.35. The number of halogens is 6. The van der Waals surface area contributed by atoms with Gasteiger partial charge in [0.05, 0.1) is 25.0 Å². The van der Waals surface area contributed by atoms with Crippen LogP contribution in [0.15, 0.2) is 40.8 Å². The Morgan fingerprint density at radius 1 is 1.05 bits per heavy atom. The van der Waals surface area contributed by atoms with E-state index in [0.29, 0.717) is 24.5 Å². The summed E-state index contributed by atoms with van der Waals surface area (Å²) in [7, 11) is 0. The van der Waals surface area contributed by atoms with E-state index in [2.05, 4.69) is 15.2 Å². The van der Waals surface area contributed by atoms with Crippen LogP contribution in [0.2, 0.25) is 0 Å². The van der Waals surface area contributed by atoms with Gasteiger partial charge in [-0.15, -0.1) is 10.2 Å². The number of hydrogen-bond acceptors (Lipinski definition) is 7. The molecule has 1 aliphatic heterocycles. The Hall–Kier alpha value is -3.35. The van der Waals surface area contributed by atoms with Gasteiger partial charge in [0.25, 0.3) is 5.89 Å². The highest BCUT2D eigenvalue weighted by atomic mass is 19.4. The van der Waals surface area contributed by atoms with Gasteiger partial charge in [-0.3, -0.25) is 0 Å². The van der Waals surface area contributed by atoms with Gasteiger partial charge in [-0.2, -0.15) is 26.3 Å². The second-order valence-corrected chi connectivity index (χ2v) is 10.2. The molecule has 1 saturated carbocycles. The smallest absolute Gasteiger partial charge is 0.421 e. The molecule has 3 aromatic rings. The highest BCUT2D eigenvalue weighted by Crippen LogP contribution is 2.52. The number of nitrogen functional groups attached to an aromatic ring is 1. The third-order valence-electron chi connectivity index (χ3n) is 7.32. The van der Waals surface area contributed by atoms with Gasteiger partial charge in [0.1, 0.15) is 5.56 Å². The van der Waals surface area contributed by atoms with E-state index in [0.717, 1.165) is 0 Å². The van der Waals surface area contributed by atoms with Crippen molar-refractivity contribution in [3.8, 4) is 17.5 Å². The van der Waals surface area contributed by atoms with E-state index in [1.165, 1.54) is 0 Å². The molecule has 210 valence electrons. The van der Waals surface area contributed by atoms with Gasteiger partial charge < -0.3 is 19.6 Å². The zero-order chi connectivity index (χ0) is 28.0. The summed E-state index contributed by atoms with van der Waals surface area (Å²) in [6.45, 7) is 0.740. The first-order valence-electron chi connectivity index (χ1n) is 12.4. The molecule has 13 heteroatoms. The Labute approximate surface area is 219 Å². The van der Waals surface area contributed by atoms with E-state index in [-0.39, 0.29) is 31.3 Å². The van der Waals surface area contributed by atoms with E-state index in [9.17, 15) is 26.3 Å². The first-order chi connectivity index (χ1) is 18.4. The molecule has 5 rings (SSSR count). The van der Waals surface area contributed by atoms with Crippen molar-refractivity contribution in [2.45, 2.75) is 63.1 Å². The maximum absolute atomic E-state index is 14.9. The number of nitrogens with two attached hydrogens (primary N) is 1. The van der Waals surface area contributed by atoms with Crippen molar-refractivity contribution in [3.05, 3.63) is 53.4 Å². The quantitative estimate of drug-likeness (QED) is 0.375. The molecule has 0 radical (unpaired) electrons. The fourth-order valence-electron chi connectivity index (χ4n) is 5.04. The summed E-state index contributed by atoms with van der Waals surface area (Å²) in [6.07, 6.45) is -9.53. The minimum atomic E-state index is -4.84. The number of aromatic nitrogens is 3. The Bertz CT molecular complexity index is 1310. The summed E-state index contributed by atoms with van der Waals surface area (Å²) < 4.78 is 102. The van der Waals surface area contributed by atoms with Gasteiger partial charge >= 0.3 is 12.4 Å². The van der Waals surface area contributed by atoms with Crippen LogP contribution in [-0.2, 0) is 22.9 Å². The van der Waals surface area contributed by atoms with Crippen LogP contribution < -0.4 is 10.5 Å². The maximum Gasteiger partial charge on any atom is 0.421 e. The molecular formula is C26H26F6N4O3. The van der Waals surface area contributed by atoms with Crippen molar-refractivity contribution in [1.29, 1.82) is 0 Å². The molecule has 4 atom stereocenters. The fraction of sp³-hybridized carbons (Fsp3) is 0.500. The summed E-state index contributed by atoms with van der Waals surface area (Å²) in [5, 5.41) is 7.40. The SMILES string of the molecule is C[C@@H]1CC2CC2CC[C@](COCc2ccccc2)(C(F)(F)F)c2nnc(o2)-c2nc(c(C(F)(F)F)cc2N)O1. The predicted octanol–water partition coefficient (Wildman–Crippen LogP) is 6.34. The van der Waals surface area contributed by atoms with Crippen LogP contribution in [0, 0.1) is 11.8 Å². The zero-order valence-electron chi connectivity index (χ0n) is 20.9. The summed E-state index contributed by atoms with van der Waals surface area (Å²) >= 11 is 0. The van der Waals surface area contributed by atoms with Crippen LogP contribution in [0.25, 0.3) is 11.6 Å². The van der Waals surface area contributed by atoms with E-state index >= 15 is 0 Å². The van der Waals surface area contributed by atoms with Crippen LogP contribution >= 0.6 is 0 Å². The number of fused-ring (bicyclic) bond motifs is 6. The summed E-state index contributed by atoms with van der Waals surface area (Å²) in [5.74, 6) is -2.12. The minimum absolute atomic E-state index is 0.0000497. The number of alkyl halides is 6. The highest BCUT2D eigenvalue weighted by molar-refractivity contribution is 5.68. The van der Waals surface area contributed by atoms with Gasteiger partial charge in [0, 0.05) is 0 Å². The molecular weight excluding hydrogens is 530 g/mol. The summed E-state index contributed by atoms with van der Waals surface area (Å²) in [5.41, 5.74) is 1.79. The van der Waals surface area contributed by atoms with Crippen LogP contribution in [-0.4, -0.2) is 34.1 Å². The predicted molar refractivity (Wildman–Crippen MR) is 126 cm³/mol. The number of nitrogens with zero attached hydrogens (tertiary/aromatic N) is 3. The lowest BCUT2D eigenvalue weighted by Gasteiger charge is -2.32. The largest absolute Gasteiger partial charge is 0.474 e. The molecule has 1 aromatic carbocycles. The van der Waals surface area contributed by atoms with Crippen molar-refractivity contribution in [2.24, 2.45) is 11.8 Å². The monoisotopic (exact) mass is 556 g/mol. The zero-order valence-corrected chi connectivity index (χ0v) is 20.9. The maximum atomic E-state index is 14.9. The molecule has 2 N–H and O–H groups in total. The molecule has 7 nitrogen and oxygen atoms in total. The minimum Gasteiger partial charge on any atom is -0.474 e. The number of pyridine rings is 1. The third-order valence-corrected chi connectivity index (χ3v) is 7.32. The number of anilines is 1. The van der Waals surface area contributed by atoms with Crippen LogP contribution in [0.1, 0.15) is 49.6 Å². The topological polar surface area (TPSA) is 96.3 Å². The van der Waals surface area contributed by atoms with Gasteiger partial charge in [-0.05, 0) is 56.1 Å². The lowest BCUT2D eigenvalue weighted by Crippen LogP contribution is -2.47. The van der Waals surface area contributed by atoms with Crippen molar-refractivity contribution in [1.82, 2.24) is 15.2 Å².